The van der Waals surface area contributed by atoms with Crippen molar-refractivity contribution in [3.63, 3.8) is 0 Å². The van der Waals surface area contributed by atoms with Crippen LogP contribution < -0.4 is 48.6 Å². The second-order valence-corrected chi connectivity index (χ2v) is 82.5. The second kappa shape index (κ2) is 52.3. The lowest BCUT2D eigenvalue weighted by molar-refractivity contribution is 0.278. The Kier molecular flexibility index (Phi) is 54.9. The summed E-state index contributed by atoms with van der Waals surface area (Å²) in [5, 5.41) is 0. The van der Waals surface area contributed by atoms with Gasteiger partial charge in [-0.1, -0.05) is 318 Å². The van der Waals surface area contributed by atoms with Crippen LogP contribution in [0.15, 0.2) is 18.2 Å². The fourth-order valence-corrected chi connectivity index (χ4v) is 44.1. The molecule has 0 bridgehead atoms. The Morgan fingerprint density at radius 2 is 0.359 bits per heavy atom. The molecular weight excluding hydrogens is 1270 g/mol. The summed E-state index contributed by atoms with van der Waals surface area (Å²) in [4.78, 5) is 0. The van der Waals surface area contributed by atoms with E-state index in [0.29, 0.717) is 0 Å². The molecule has 92 heavy (non-hydrogen) atoms. The molecule has 9 nitrogen and oxygen atoms in total. The number of ether oxygens (including phenoxy) is 3. The molecule has 0 amide bonds. The molecule has 0 aliphatic carbocycles. The van der Waals surface area contributed by atoms with Gasteiger partial charge in [-0.3, -0.25) is 0 Å². The van der Waals surface area contributed by atoms with E-state index in [4.69, 9.17) is 48.6 Å². The summed E-state index contributed by atoms with van der Waals surface area (Å²) < 4.78 is 20.1. The van der Waals surface area contributed by atoms with Crippen molar-refractivity contribution in [3.05, 3.63) is 18.2 Å². The maximum Gasteiger partial charge on any atom is 0.126 e. The third-order valence-corrected chi connectivity index (χ3v) is 56.4. The zero-order valence-electron chi connectivity index (χ0n) is 62.8. The summed E-state index contributed by atoms with van der Waals surface area (Å²) in [6, 6.07) is 36.8. The summed E-state index contributed by atoms with van der Waals surface area (Å²) in [6.45, 7) is 46.9. The van der Waals surface area contributed by atoms with E-state index in [1.807, 2.05) is 0 Å². The van der Waals surface area contributed by atoms with Gasteiger partial charge in [0.1, 0.15) is 17.2 Å². The first kappa shape index (κ1) is 96.5. The highest BCUT2D eigenvalue weighted by molar-refractivity contribution is 6.82. The van der Waals surface area contributed by atoms with Gasteiger partial charge in [-0.25, -0.2) is 0 Å². The Labute approximate surface area is 587 Å². The Hall–Kier alpha value is 0.332. The molecule has 0 fully saturated rings. The van der Waals surface area contributed by atoms with Crippen molar-refractivity contribution in [2.45, 2.75) is 376 Å². The van der Waals surface area contributed by atoms with Gasteiger partial charge in [0.25, 0.3) is 0 Å². The van der Waals surface area contributed by atoms with Crippen molar-refractivity contribution in [2.75, 3.05) is 59.1 Å². The smallest absolute Gasteiger partial charge is 0.126 e. The summed E-state index contributed by atoms with van der Waals surface area (Å²) >= 11 is 0. The quantitative estimate of drug-likeness (QED) is 0.0273. The highest BCUT2D eigenvalue weighted by Gasteiger charge is 2.33. The topological polar surface area (TPSA) is 184 Å². The zero-order valence-corrected chi connectivity index (χ0v) is 71.8. The first-order chi connectivity index (χ1) is 41.8. The van der Waals surface area contributed by atoms with Crippen LogP contribution in [0, 0.1) is 0 Å². The predicted octanol–water partition coefficient (Wildman–Crippen LogP) is 22.8. The standard InChI is InChI=1S/C71H160N6O3Si9.3CH4/c1-81(2,45-24-36-72)51-30-60-87(13,61-31-52-82(3,4)46-25-37-73)57-21-17-16-18-42-78-69-66-70(79-43-19-22-58-88(14,62-32-53-83(5,6)47-26-38-74)63-33-54-84(7,8)48-27-39-75)68-71(67-69)80-44-20-23-59-89(15,64-34-55-85(9,10)49-28-40-76)65-35-56-86(11,12)50-29-41-77;;;/h66-68H,16-65,72-77H2,1-15H3;3*1H4. The lowest BCUT2D eigenvalue weighted by atomic mass is 10.2. The molecule has 12 N–H and O–H groups in total. The molecule has 0 aromatic heterocycles. The fourth-order valence-electron chi connectivity index (χ4n) is 15.0. The minimum absolute atomic E-state index is 0. The van der Waals surface area contributed by atoms with Crippen LogP contribution in [0.4, 0.5) is 0 Å². The van der Waals surface area contributed by atoms with E-state index in [9.17, 15) is 0 Å². The van der Waals surface area contributed by atoms with Crippen molar-refractivity contribution >= 4 is 72.7 Å². The largest absolute Gasteiger partial charge is 0.493 e. The number of nitrogens with two attached hydrogens (primary N) is 6. The Morgan fingerprint density at radius 1 is 0.207 bits per heavy atom. The molecule has 0 saturated heterocycles. The first-order valence-corrected chi connectivity index (χ1v) is 67.9. The van der Waals surface area contributed by atoms with Gasteiger partial charge in [-0.15, -0.1) is 0 Å². The van der Waals surface area contributed by atoms with Crippen molar-refractivity contribution in [3.8, 4) is 17.2 Å². The van der Waals surface area contributed by atoms with Crippen LogP contribution in [0.3, 0.4) is 0 Å². The zero-order chi connectivity index (χ0) is 66.8. The van der Waals surface area contributed by atoms with E-state index in [1.54, 1.807) is 0 Å². The van der Waals surface area contributed by atoms with Crippen LogP contribution in [0.1, 0.15) is 151 Å². The van der Waals surface area contributed by atoms with Crippen molar-refractivity contribution in [2.24, 2.45) is 34.4 Å². The normalized spacial score (nSPS) is 13.0. The number of hydrogen-bond donors (Lipinski definition) is 6. The average molecular weight is 1450 g/mol. The van der Waals surface area contributed by atoms with Gasteiger partial charge in [0, 0.05) is 66.6 Å². The number of unbranched alkanes of at least 4 members (excludes halogenated alkanes) is 5. The molecule has 0 aliphatic heterocycles. The van der Waals surface area contributed by atoms with E-state index in [0.717, 1.165) is 95.6 Å². The van der Waals surface area contributed by atoms with Crippen LogP contribution in [0.25, 0.3) is 0 Å². The van der Waals surface area contributed by atoms with Crippen molar-refractivity contribution < 1.29 is 14.2 Å². The molecule has 0 saturated carbocycles. The van der Waals surface area contributed by atoms with Gasteiger partial charge in [0.2, 0.25) is 0 Å². The van der Waals surface area contributed by atoms with Gasteiger partial charge in [0.05, 0.1) is 44.0 Å². The fraction of sp³-hybridized carbons (Fsp3) is 0.919. The third-order valence-electron chi connectivity index (χ3n) is 21.8. The molecule has 0 radical (unpaired) electrons. The van der Waals surface area contributed by atoms with Crippen molar-refractivity contribution in [1.82, 2.24) is 0 Å². The Morgan fingerprint density at radius 3 is 0.554 bits per heavy atom. The molecule has 552 valence electrons. The monoisotopic (exact) mass is 1450 g/mol. The van der Waals surface area contributed by atoms with Crippen LogP contribution in [-0.4, -0.2) is 132 Å². The molecule has 0 spiro atoms. The summed E-state index contributed by atoms with van der Waals surface area (Å²) in [5.41, 5.74) is 35.9. The molecule has 0 atom stereocenters. The SMILES string of the molecule is C.C.C.C[Si](C)(CCCN)CCC[Si](C)(CCCCCCOc1cc(OCCCC[Si](C)(CCC[Si](C)(C)CCCN)CCC[Si](C)(C)CCCN)cc(OCCCC[Si](C)(CCC[Si](C)(C)CCCN)CCC[Si](C)(C)CCCN)c1)CCC[Si](C)(C)CCCN. The van der Waals surface area contributed by atoms with Gasteiger partial charge in [-0.05, 0) is 97.1 Å². The summed E-state index contributed by atoms with van der Waals surface area (Å²) in [6.07, 6.45) is 25.5. The maximum absolute atomic E-state index is 6.73. The molecule has 0 aliphatic rings. The lowest BCUT2D eigenvalue weighted by Gasteiger charge is -2.31. The molecule has 0 unspecified atom stereocenters. The van der Waals surface area contributed by atoms with Crippen LogP contribution >= 0.6 is 0 Å². The minimum atomic E-state index is -1.40. The number of hydrogen-bond acceptors (Lipinski definition) is 9. The van der Waals surface area contributed by atoms with Crippen LogP contribution in [0.5, 0.6) is 17.2 Å². The van der Waals surface area contributed by atoms with E-state index in [-0.39, 0.29) is 22.3 Å². The number of benzene rings is 1. The Balaban J connectivity index is -0.0000264. The average Bonchev–Trinajstić information content (AvgIpc) is 1.08. The van der Waals surface area contributed by atoms with E-state index in [1.165, 1.54) is 236 Å². The molecule has 1 rings (SSSR count). The van der Waals surface area contributed by atoms with E-state index in [2.05, 4.69) is 116 Å². The highest BCUT2D eigenvalue weighted by Crippen LogP contribution is 2.37. The van der Waals surface area contributed by atoms with Gasteiger partial charge >= 0.3 is 0 Å². The molecule has 1 aromatic rings. The van der Waals surface area contributed by atoms with Crippen molar-refractivity contribution in [1.29, 1.82) is 0 Å². The summed E-state index contributed by atoms with van der Waals surface area (Å²) in [5.74, 6) is 2.71. The molecular formula is C74H172N6O3Si9. The minimum Gasteiger partial charge on any atom is -0.493 e. The second-order valence-electron chi connectivity index (χ2n) is 35.2. The Bertz CT molecular complexity index is 1730. The molecule has 1 aromatic carbocycles. The van der Waals surface area contributed by atoms with Crippen LogP contribution in [0.2, 0.25) is 225 Å². The maximum atomic E-state index is 6.73. The number of rotatable bonds is 62. The summed E-state index contributed by atoms with van der Waals surface area (Å²) in [7, 11) is -11.2. The first-order valence-electron chi connectivity index (χ1n) is 38.1. The predicted molar refractivity (Wildman–Crippen MR) is 450 cm³/mol. The van der Waals surface area contributed by atoms with E-state index >= 15 is 0 Å². The van der Waals surface area contributed by atoms with Gasteiger partial charge in [-0.2, -0.15) is 0 Å². The highest BCUT2D eigenvalue weighted by atomic mass is 28.3. The van der Waals surface area contributed by atoms with Crippen LogP contribution in [-0.2, 0) is 0 Å². The van der Waals surface area contributed by atoms with E-state index < -0.39 is 72.7 Å². The van der Waals surface area contributed by atoms with Gasteiger partial charge in [0.15, 0.2) is 0 Å². The third kappa shape index (κ3) is 50.6. The molecule has 0 heterocycles. The van der Waals surface area contributed by atoms with Gasteiger partial charge < -0.3 is 48.6 Å². The lowest BCUT2D eigenvalue weighted by Crippen LogP contribution is -2.33. The molecule has 18 heteroatoms.